The Hall–Kier alpha value is -2.98. The van der Waals surface area contributed by atoms with E-state index < -0.39 is 11.4 Å². The maximum Gasteiger partial charge on any atom is 0.333 e. The lowest BCUT2D eigenvalue weighted by atomic mass is 9.90. The number of amides is 1. The van der Waals surface area contributed by atoms with Crippen LogP contribution in [0.5, 0.6) is 0 Å². The molecular formula is C28H34FN5O3S. The highest BCUT2D eigenvalue weighted by molar-refractivity contribution is 7.99. The topological polar surface area (TPSA) is 112 Å². The fourth-order valence-electron chi connectivity index (χ4n) is 5.73. The van der Waals surface area contributed by atoms with Crippen LogP contribution in [0.25, 0.3) is 11.0 Å². The van der Waals surface area contributed by atoms with Gasteiger partial charge in [0.05, 0.1) is 18.0 Å². The van der Waals surface area contributed by atoms with E-state index in [-0.39, 0.29) is 40.8 Å². The molecule has 5 rings (SSSR count). The van der Waals surface area contributed by atoms with Crippen molar-refractivity contribution in [1.82, 2.24) is 19.4 Å². The van der Waals surface area contributed by atoms with E-state index in [1.807, 2.05) is 36.0 Å². The number of nitrogens with zero attached hydrogens (tertiary/aromatic N) is 3. The number of carbonyl (C=O) groups excluding carboxylic acids is 1. The highest BCUT2D eigenvalue weighted by Gasteiger charge is 2.29. The molecule has 1 aliphatic carbocycles. The van der Waals surface area contributed by atoms with E-state index in [1.54, 1.807) is 4.57 Å². The van der Waals surface area contributed by atoms with Crippen molar-refractivity contribution in [1.29, 1.82) is 0 Å². The number of aromatic nitrogens is 3. The third kappa shape index (κ3) is 5.71. The summed E-state index contributed by atoms with van der Waals surface area (Å²) in [5.74, 6) is 1.23. The smallest absolute Gasteiger partial charge is 0.333 e. The monoisotopic (exact) mass is 539 g/mol. The van der Waals surface area contributed by atoms with Gasteiger partial charge >= 0.3 is 5.69 Å². The van der Waals surface area contributed by atoms with Crippen molar-refractivity contribution >= 4 is 28.7 Å². The predicted molar refractivity (Wildman–Crippen MR) is 148 cm³/mol. The van der Waals surface area contributed by atoms with E-state index >= 15 is 0 Å². The number of benzene rings is 1. The van der Waals surface area contributed by atoms with Crippen LogP contribution in [0.3, 0.4) is 0 Å². The molecule has 202 valence electrons. The fourth-order valence-corrected chi connectivity index (χ4v) is 6.81. The van der Waals surface area contributed by atoms with E-state index in [0.717, 1.165) is 48.1 Å². The minimum absolute atomic E-state index is 0.0110. The van der Waals surface area contributed by atoms with Gasteiger partial charge in [-0.15, -0.1) is 0 Å². The van der Waals surface area contributed by atoms with Gasteiger partial charge in [0.2, 0.25) is 5.91 Å². The van der Waals surface area contributed by atoms with Gasteiger partial charge in [-0.1, -0.05) is 24.3 Å². The van der Waals surface area contributed by atoms with Crippen LogP contribution >= 0.6 is 11.8 Å². The van der Waals surface area contributed by atoms with Crippen LogP contribution in [0.2, 0.25) is 0 Å². The first kappa shape index (κ1) is 26.6. The number of nitrogens with one attached hydrogen (secondary N) is 1. The second kappa shape index (κ2) is 11.8. The summed E-state index contributed by atoms with van der Waals surface area (Å²) in [4.78, 5) is 44.0. The Kier molecular flexibility index (Phi) is 8.28. The number of rotatable bonds is 7. The van der Waals surface area contributed by atoms with Gasteiger partial charge < -0.3 is 11.1 Å². The zero-order chi connectivity index (χ0) is 26.6. The van der Waals surface area contributed by atoms with E-state index in [4.69, 9.17) is 5.73 Å². The zero-order valence-electron chi connectivity index (χ0n) is 21.4. The Labute approximate surface area is 224 Å². The molecule has 0 spiro atoms. The quantitative estimate of drug-likeness (QED) is 0.477. The van der Waals surface area contributed by atoms with Crippen LogP contribution in [-0.2, 0) is 17.6 Å². The molecule has 8 nitrogen and oxygen atoms in total. The lowest BCUT2D eigenvalue weighted by molar-refractivity contribution is -0.121. The molecule has 1 saturated carbocycles. The third-order valence-electron chi connectivity index (χ3n) is 7.73. The molecule has 0 unspecified atom stereocenters. The first-order valence-corrected chi connectivity index (χ1v) is 14.6. The summed E-state index contributed by atoms with van der Waals surface area (Å²) in [6.45, 7) is 0.592. The Morgan fingerprint density at radius 3 is 2.34 bits per heavy atom. The Bertz CT molecular complexity index is 1410. The van der Waals surface area contributed by atoms with Crippen molar-refractivity contribution in [3.05, 3.63) is 74.3 Å². The van der Waals surface area contributed by atoms with Crippen molar-refractivity contribution in [2.24, 2.45) is 5.73 Å². The number of thioether (sulfide) groups is 1. The fraction of sp³-hybridized carbons (Fsp3) is 0.500. The molecule has 2 aromatic heterocycles. The largest absolute Gasteiger partial charge is 0.353 e. The summed E-state index contributed by atoms with van der Waals surface area (Å²) < 4.78 is 17.1. The lowest BCUT2D eigenvalue weighted by Crippen LogP contribution is -2.46. The van der Waals surface area contributed by atoms with E-state index in [1.165, 1.54) is 10.6 Å². The Balaban J connectivity index is 1.31. The van der Waals surface area contributed by atoms with E-state index in [9.17, 15) is 18.8 Å². The summed E-state index contributed by atoms with van der Waals surface area (Å²) in [5.41, 5.74) is 7.13. The number of fused-ring (bicyclic) bond motifs is 1. The van der Waals surface area contributed by atoms with Gasteiger partial charge in [-0.3, -0.25) is 18.7 Å². The van der Waals surface area contributed by atoms with Gasteiger partial charge in [0.15, 0.2) is 0 Å². The minimum atomic E-state index is -0.592. The van der Waals surface area contributed by atoms with Gasteiger partial charge in [0.1, 0.15) is 11.5 Å². The van der Waals surface area contributed by atoms with E-state index in [2.05, 4.69) is 10.3 Å². The summed E-state index contributed by atoms with van der Waals surface area (Å²) >= 11 is 1.85. The van der Waals surface area contributed by atoms with Crippen LogP contribution < -0.4 is 22.3 Å². The molecule has 38 heavy (non-hydrogen) atoms. The highest BCUT2D eigenvalue weighted by Crippen LogP contribution is 2.30. The van der Waals surface area contributed by atoms with Crippen LogP contribution in [0, 0.1) is 5.82 Å². The molecule has 2 aliphatic rings. The number of hydrogen-bond acceptors (Lipinski definition) is 6. The molecule has 0 atom stereocenters. The second-order valence-corrected chi connectivity index (χ2v) is 11.5. The SMILES string of the molecule is NCCc1ccc(CC(=O)NC2CCC(n3c(=O)c4cc(F)cnc4n(C4CCSCC4)c3=O)CC2)cc1. The van der Waals surface area contributed by atoms with Gasteiger partial charge in [0.25, 0.3) is 5.56 Å². The van der Waals surface area contributed by atoms with Gasteiger partial charge in [-0.25, -0.2) is 14.2 Å². The van der Waals surface area contributed by atoms with E-state index in [0.29, 0.717) is 38.6 Å². The maximum absolute atomic E-state index is 14.1. The number of pyridine rings is 1. The van der Waals surface area contributed by atoms with Crippen molar-refractivity contribution in [3.63, 3.8) is 0 Å². The Morgan fingerprint density at radius 2 is 1.66 bits per heavy atom. The first-order valence-electron chi connectivity index (χ1n) is 13.4. The first-order chi connectivity index (χ1) is 18.4. The molecule has 2 fully saturated rings. The van der Waals surface area contributed by atoms with Crippen LogP contribution in [0.1, 0.15) is 61.7 Å². The van der Waals surface area contributed by atoms with Crippen molar-refractivity contribution in [3.8, 4) is 0 Å². The summed E-state index contributed by atoms with van der Waals surface area (Å²) in [6.07, 6.45) is 6.31. The maximum atomic E-state index is 14.1. The van der Waals surface area contributed by atoms with Crippen LogP contribution in [0.15, 0.2) is 46.1 Å². The number of nitrogens with two attached hydrogens (primary N) is 1. The summed E-state index contributed by atoms with van der Waals surface area (Å²) in [5, 5.41) is 3.27. The standard InChI is InChI=1S/C28H34FN5O3S/c29-20-16-24-26(31-17-20)33(23-10-13-38-14-11-23)28(37)34(27(24)36)22-7-5-21(6-8-22)32-25(35)15-19-3-1-18(2-4-19)9-12-30/h1-4,16-17,21-23H,5-15,30H2,(H,32,35). The average molecular weight is 540 g/mol. The molecule has 3 heterocycles. The second-order valence-electron chi connectivity index (χ2n) is 10.3. The van der Waals surface area contributed by atoms with Crippen molar-refractivity contribution < 1.29 is 9.18 Å². The van der Waals surface area contributed by atoms with Crippen LogP contribution in [0.4, 0.5) is 4.39 Å². The van der Waals surface area contributed by atoms with Gasteiger partial charge in [-0.2, -0.15) is 11.8 Å². The normalized spacial score (nSPS) is 20.5. The Morgan fingerprint density at radius 1 is 1.00 bits per heavy atom. The predicted octanol–water partition coefficient (Wildman–Crippen LogP) is 3.11. The average Bonchev–Trinajstić information content (AvgIpc) is 2.92. The van der Waals surface area contributed by atoms with Crippen molar-refractivity contribution in [2.45, 2.75) is 69.5 Å². The molecule has 0 radical (unpaired) electrons. The van der Waals surface area contributed by atoms with Gasteiger partial charge in [-0.05, 0) is 80.2 Å². The third-order valence-corrected chi connectivity index (χ3v) is 8.78. The number of carbonyl (C=O) groups is 1. The molecule has 10 heteroatoms. The van der Waals surface area contributed by atoms with Gasteiger partial charge in [0, 0.05) is 18.1 Å². The molecule has 1 amide bonds. The number of hydrogen-bond donors (Lipinski definition) is 2. The molecular weight excluding hydrogens is 505 g/mol. The molecule has 1 aromatic carbocycles. The highest BCUT2D eigenvalue weighted by atomic mass is 32.2. The van der Waals surface area contributed by atoms with Crippen LogP contribution in [-0.4, -0.2) is 44.1 Å². The number of halogens is 1. The molecule has 1 aliphatic heterocycles. The summed E-state index contributed by atoms with van der Waals surface area (Å²) in [7, 11) is 0. The van der Waals surface area contributed by atoms with Crippen molar-refractivity contribution in [2.75, 3.05) is 18.1 Å². The molecule has 0 bridgehead atoms. The molecule has 3 aromatic rings. The molecule has 1 saturated heterocycles. The minimum Gasteiger partial charge on any atom is -0.353 e. The zero-order valence-corrected chi connectivity index (χ0v) is 22.2. The summed E-state index contributed by atoms with van der Waals surface area (Å²) in [6, 6.07) is 8.76. The lowest BCUT2D eigenvalue weighted by Gasteiger charge is -2.31. The molecule has 3 N–H and O–H groups in total.